The number of hydrogen-bond acceptors (Lipinski definition) is 5. The van der Waals surface area contributed by atoms with E-state index in [1.165, 1.54) is 14.2 Å². The summed E-state index contributed by atoms with van der Waals surface area (Å²) in [6, 6.07) is 8.88. The molecule has 28 heavy (non-hydrogen) atoms. The largest absolute Gasteiger partial charge is 0.504 e. The molecule has 0 saturated carbocycles. The Morgan fingerprint density at radius 3 is 2.36 bits per heavy atom. The molecule has 0 spiro atoms. The van der Waals surface area contributed by atoms with E-state index >= 15 is 0 Å². The molecule has 0 fully saturated rings. The van der Waals surface area contributed by atoms with Gasteiger partial charge in [-0.3, -0.25) is 4.79 Å². The highest BCUT2D eigenvalue weighted by molar-refractivity contribution is 9.10. The molecular formula is C22H29BrO5. The van der Waals surface area contributed by atoms with E-state index < -0.39 is 0 Å². The second-order valence-electron chi connectivity index (χ2n) is 6.44. The molecule has 2 rings (SSSR count). The number of halogens is 1. The van der Waals surface area contributed by atoms with Gasteiger partial charge in [0.25, 0.3) is 0 Å². The van der Waals surface area contributed by atoms with E-state index in [1.807, 2.05) is 12.1 Å². The summed E-state index contributed by atoms with van der Waals surface area (Å²) in [6.07, 6.45) is 2.03. The Hall–Kier alpha value is -2.21. The van der Waals surface area contributed by atoms with Crippen molar-refractivity contribution in [3.05, 3.63) is 45.9 Å². The lowest BCUT2D eigenvalue weighted by Crippen LogP contribution is -2.10. The first kappa shape index (κ1) is 23.8. The molecule has 0 aliphatic carbocycles. The van der Waals surface area contributed by atoms with Crippen LogP contribution in [0.15, 0.2) is 34.8 Å². The standard InChI is InChI=1S/C21H25BrO5.CH4/c1-13(5-6-14-7-9-16(23)19(12-14)26-3)11-17(24)20-15(22)8-10-18(25-2)21(20)27-4;/h7-10,12-13,23H,5-6,11H2,1-4H3;1H4/t13-;/m1./s1. The van der Waals surface area contributed by atoms with Gasteiger partial charge in [0, 0.05) is 10.9 Å². The number of carbonyl (C=O) groups excluding carboxylic acids is 1. The molecule has 0 unspecified atom stereocenters. The van der Waals surface area contributed by atoms with Crippen molar-refractivity contribution in [2.45, 2.75) is 33.6 Å². The zero-order valence-corrected chi connectivity index (χ0v) is 17.6. The minimum absolute atomic E-state index is 0. The van der Waals surface area contributed by atoms with Gasteiger partial charge in [-0.15, -0.1) is 0 Å². The van der Waals surface area contributed by atoms with E-state index in [0.717, 1.165) is 18.4 Å². The number of ether oxygens (including phenoxy) is 3. The van der Waals surface area contributed by atoms with Gasteiger partial charge < -0.3 is 19.3 Å². The number of carbonyl (C=O) groups is 1. The summed E-state index contributed by atoms with van der Waals surface area (Å²) in [5.41, 5.74) is 1.57. The summed E-state index contributed by atoms with van der Waals surface area (Å²) in [4.78, 5) is 12.9. The van der Waals surface area contributed by atoms with Crippen molar-refractivity contribution in [3.63, 3.8) is 0 Å². The minimum Gasteiger partial charge on any atom is -0.504 e. The fourth-order valence-electron chi connectivity index (χ4n) is 2.97. The molecule has 6 heteroatoms. The Morgan fingerprint density at radius 2 is 1.75 bits per heavy atom. The molecule has 0 aliphatic rings. The van der Waals surface area contributed by atoms with Gasteiger partial charge in [0.15, 0.2) is 28.8 Å². The molecule has 1 atom stereocenters. The monoisotopic (exact) mass is 452 g/mol. The number of Topliss-reactive ketones (excluding diaryl/α,β-unsaturated/α-hetero) is 1. The van der Waals surface area contributed by atoms with Crippen LogP contribution < -0.4 is 14.2 Å². The zero-order chi connectivity index (χ0) is 20.0. The summed E-state index contributed by atoms with van der Waals surface area (Å²) < 4.78 is 16.5. The second kappa shape index (κ2) is 11.0. The topological polar surface area (TPSA) is 65.0 Å². The van der Waals surface area contributed by atoms with Crippen molar-refractivity contribution in [3.8, 4) is 23.0 Å². The third kappa shape index (κ3) is 5.64. The maximum absolute atomic E-state index is 12.9. The predicted molar refractivity (Wildman–Crippen MR) is 115 cm³/mol. The highest BCUT2D eigenvalue weighted by Crippen LogP contribution is 2.37. The Labute approximate surface area is 175 Å². The second-order valence-corrected chi connectivity index (χ2v) is 7.29. The van der Waals surface area contributed by atoms with E-state index in [-0.39, 0.29) is 24.9 Å². The number of phenols is 1. The quantitative estimate of drug-likeness (QED) is 0.497. The van der Waals surface area contributed by atoms with Crippen molar-refractivity contribution in [1.29, 1.82) is 0 Å². The van der Waals surface area contributed by atoms with Crippen molar-refractivity contribution in [1.82, 2.24) is 0 Å². The highest BCUT2D eigenvalue weighted by Gasteiger charge is 2.22. The molecule has 1 N–H and O–H groups in total. The first-order valence-electron chi connectivity index (χ1n) is 8.70. The molecule has 5 nitrogen and oxygen atoms in total. The van der Waals surface area contributed by atoms with Gasteiger partial charge in [-0.1, -0.05) is 20.4 Å². The Balaban J connectivity index is 0.00000392. The predicted octanol–water partition coefficient (Wildman–Crippen LogP) is 5.66. The molecule has 2 aromatic rings. The van der Waals surface area contributed by atoms with Crippen LogP contribution in [0.2, 0.25) is 0 Å². The van der Waals surface area contributed by atoms with Gasteiger partial charge in [0.1, 0.15) is 0 Å². The number of aryl methyl sites for hydroxylation is 1. The average molecular weight is 453 g/mol. The summed E-state index contributed by atoms with van der Waals surface area (Å²) in [7, 11) is 4.61. The molecule has 0 radical (unpaired) electrons. The molecular weight excluding hydrogens is 424 g/mol. The third-order valence-corrected chi connectivity index (χ3v) is 5.14. The van der Waals surface area contributed by atoms with Crippen LogP contribution in [0.1, 0.15) is 43.1 Å². The Morgan fingerprint density at radius 1 is 1.07 bits per heavy atom. The van der Waals surface area contributed by atoms with Crippen LogP contribution in [0.4, 0.5) is 0 Å². The molecule has 0 amide bonds. The van der Waals surface area contributed by atoms with Crippen LogP contribution in [-0.4, -0.2) is 32.2 Å². The fraction of sp³-hybridized carbons (Fsp3) is 0.409. The van der Waals surface area contributed by atoms with Crippen LogP contribution in [0.3, 0.4) is 0 Å². The van der Waals surface area contributed by atoms with Crippen molar-refractivity contribution < 1.29 is 24.1 Å². The van der Waals surface area contributed by atoms with Crippen molar-refractivity contribution in [2.75, 3.05) is 21.3 Å². The highest BCUT2D eigenvalue weighted by atomic mass is 79.9. The fourth-order valence-corrected chi connectivity index (χ4v) is 3.51. The summed E-state index contributed by atoms with van der Waals surface area (Å²) in [5, 5.41) is 9.68. The zero-order valence-electron chi connectivity index (χ0n) is 16.0. The van der Waals surface area contributed by atoms with E-state index in [4.69, 9.17) is 14.2 Å². The van der Waals surface area contributed by atoms with Gasteiger partial charge >= 0.3 is 0 Å². The van der Waals surface area contributed by atoms with Crippen LogP contribution in [0.25, 0.3) is 0 Å². The van der Waals surface area contributed by atoms with Crippen molar-refractivity contribution in [2.24, 2.45) is 5.92 Å². The SMILES string of the molecule is C.COc1cc(CC[C@@H](C)CC(=O)c2c(Br)ccc(OC)c2OC)ccc1O. The van der Waals surface area contributed by atoms with Gasteiger partial charge in [-0.05, 0) is 64.5 Å². The summed E-state index contributed by atoms with van der Waals surface area (Å²) >= 11 is 3.45. The van der Waals surface area contributed by atoms with Gasteiger partial charge in [-0.25, -0.2) is 0 Å². The van der Waals surface area contributed by atoms with Gasteiger partial charge in [0.2, 0.25) is 0 Å². The van der Waals surface area contributed by atoms with Crippen LogP contribution in [-0.2, 0) is 6.42 Å². The van der Waals surface area contributed by atoms with Crippen LogP contribution in [0, 0.1) is 5.92 Å². The number of ketones is 1. The van der Waals surface area contributed by atoms with Crippen LogP contribution in [0.5, 0.6) is 23.0 Å². The molecule has 0 saturated heterocycles. The van der Waals surface area contributed by atoms with Crippen molar-refractivity contribution >= 4 is 21.7 Å². The average Bonchev–Trinajstić information content (AvgIpc) is 2.66. The molecule has 0 heterocycles. The lowest BCUT2D eigenvalue weighted by atomic mass is 9.93. The molecule has 0 bridgehead atoms. The molecule has 154 valence electrons. The normalized spacial score (nSPS) is 11.3. The Kier molecular flexibility index (Phi) is 9.32. The molecule has 0 aliphatic heterocycles. The maximum Gasteiger partial charge on any atom is 0.172 e. The number of rotatable bonds is 9. The summed E-state index contributed by atoms with van der Waals surface area (Å²) in [6.45, 7) is 2.05. The summed E-state index contributed by atoms with van der Waals surface area (Å²) in [5.74, 6) is 1.76. The third-order valence-electron chi connectivity index (χ3n) is 4.48. The maximum atomic E-state index is 12.9. The molecule has 2 aromatic carbocycles. The van der Waals surface area contributed by atoms with Gasteiger partial charge in [-0.2, -0.15) is 0 Å². The van der Waals surface area contributed by atoms with E-state index in [9.17, 15) is 9.90 Å². The van der Waals surface area contributed by atoms with E-state index in [1.54, 1.807) is 25.3 Å². The molecule has 0 aromatic heterocycles. The lowest BCUT2D eigenvalue weighted by Gasteiger charge is -2.16. The first-order chi connectivity index (χ1) is 12.9. The van der Waals surface area contributed by atoms with Gasteiger partial charge in [0.05, 0.1) is 26.9 Å². The minimum atomic E-state index is 0. The number of aromatic hydroxyl groups is 1. The first-order valence-corrected chi connectivity index (χ1v) is 9.50. The van der Waals surface area contributed by atoms with E-state index in [0.29, 0.717) is 33.7 Å². The number of methoxy groups -OCH3 is 3. The number of hydrogen-bond donors (Lipinski definition) is 1. The smallest absolute Gasteiger partial charge is 0.172 e. The van der Waals surface area contributed by atoms with E-state index in [2.05, 4.69) is 22.9 Å². The lowest BCUT2D eigenvalue weighted by molar-refractivity contribution is 0.0958. The Bertz CT molecular complexity index is 804. The van der Waals surface area contributed by atoms with Crippen LogP contribution >= 0.6 is 15.9 Å². The number of phenolic OH excluding ortho intramolecular Hbond substituents is 1. The number of benzene rings is 2.